The van der Waals surface area contributed by atoms with Crippen LogP contribution >= 0.6 is 0 Å². The topological polar surface area (TPSA) is 29.5 Å². The number of esters is 1. The quantitative estimate of drug-likeness (QED) is 0.675. The van der Waals surface area contributed by atoms with E-state index in [0.717, 1.165) is 13.1 Å². The van der Waals surface area contributed by atoms with Crippen LogP contribution < -0.4 is 0 Å². The van der Waals surface area contributed by atoms with Gasteiger partial charge in [-0.25, -0.2) is 0 Å². The Hall–Kier alpha value is -0.570. The van der Waals surface area contributed by atoms with Crippen LogP contribution in [0, 0.1) is 5.41 Å². The standard InChI is InChI=1S/C13H23NO2/c1-12(2,3)16-11(15)9-14-8-7-13(10-14)5-4-6-13/h4-10H2,1-3H3. The summed E-state index contributed by atoms with van der Waals surface area (Å²) in [6.07, 6.45) is 5.37. The van der Waals surface area contributed by atoms with E-state index in [1.165, 1.54) is 25.7 Å². The summed E-state index contributed by atoms with van der Waals surface area (Å²) in [6.45, 7) is 8.40. The second-order valence-corrected chi connectivity index (χ2v) is 6.40. The van der Waals surface area contributed by atoms with Crippen LogP contribution in [0.25, 0.3) is 0 Å². The molecule has 1 saturated carbocycles. The van der Waals surface area contributed by atoms with E-state index in [0.29, 0.717) is 12.0 Å². The maximum absolute atomic E-state index is 11.7. The number of rotatable bonds is 2. The average molecular weight is 225 g/mol. The van der Waals surface area contributed by atoms with Crippen LogP contribution in [0.15, 0.2) is 0 Å². The third-order valence-electron chi connectivity index (χ3n) is 3.70. The fourth-order valence-electron chi connectivity index (χ4n) is 2.80. The highest BCUT2D eigenvalue weighted by molar-refractivity contribution is 5.72. The van der Waals surface area contributed by atoms with E-state index in [1.54, 1.807) is 0 Å². The molecular formula is C13H23NO2. The van der Waals surface area contributed by atoms with E-state index in [9.17, 15) is 4.79 Å². The number of carbonyl (C=O) groups is 1. The van der Waals surface area contributed by atoms with Crippen LogP contribution in [-0.4, -0.2) is 36.1 Å². The minimum Gasteiger partial charge on any atom is -0.459 e. The summed E-state index contributed by atoms with van der Waals surface area (Å²) in [5, 5.41) is 0. The van der Waals surface area contributed by atoms with Gasteiger partial charge in [-0.3, -0.25) is 9.69 Å². The lowest BCUT2D eigenvalue weighted by Crippen LogP contribution is -2.37. The molecule has 3 heteroatoms. The summed E-state index contributed by atoms with van der Waals surface area (Å²) in [7, 11) is 0. The number of carbonyl (C=O) groups excluding carboxylic acids is 1. The zero-order valence-corrected chi connectivity index (χ0v) is 10.7. The molecule has 2 fully saturated rings. The van der Waals surface area contributed by atoms with Crippen molar-refractivity contribution in [3.63, 3.8) is 0 Å². The third-order valence-corrected chi connectivity index (χ3v) is 3.70. The molecule has 2 rings (SSSR count). The number of hydrogen-bond donors (Lipinski definition) is 0. The molecule has 0 aromatic rings. The fourth-order valence-corrected chi connectivity index (χ4v) is 2.80. The Balaban J connectivity index is 1.76. The van der Waals surface area contributed by atoms with Gasteiger partial charge in [-0.2, -0.15) is 0 Å². The molecule has 1 heterocycles. The molecule has 0 aromatic heterocycles. The molecule has 1 spiro atoms. The van der Waals surface area contributed by atoms with Crippen molar-refractivity contribution in [2.45, 2.75) is 52.1 Å². The number of hydrogen-bond acceptors (Lipinski definition) is 3. The number of likely N-dealkylation sites (tertiary alicyclic amines) is 1. The summed E-state index contributed by atoms with van der Waals surface area (Å²) < 4.78 is 5.34. The molecule has 1 saturated heterocycles. The van der Waals surface area contributed by atoms with Crippen LogP contribution in [0.1, 0.15) is 46.5 Å². The highest BCUT2D eigenvalue weighted by Gasteiger charge is 2.43. The molecule has 0 amide bonds. The lowest BCUT2D eigenvalue weighted by atomic mass is 9.68. The smallest absolute Gasteiger partial charge is 0.320 e. The van der Waals surface area contributed by atoms with Gasteiger partial charge in [0.05, 0.1) is 6.54 Å². The van der Waals surface area contributed by atoms with Gasteiger partial charge in [-0.1, -0.05) is 6.42 Å². The Morgan fingerprint density at radius 1 is 1.31 bits per heavy atom. The molecule has 0 atom stereocenters. The Morgan fingerprint density at radius 3 is 2.44 bits per heavy atom. The van der Waals surface area contributed by atoms with E-state index in [-0.39, 0.29) is 11.6 Å². The second kappa shape index (κ2) is 4.02. The van der Waals surface area contributed by atoms with Crippen molar-refractivity contribution >= 4 is 5.97 Å². The van der Waals surface area contributed by atoms with E-state index in [4.69, 9.17) is 4.74 Å². The lowest BCUT2D eigenvalue weighted by Gasteiger charge is -2.38. The number of ether oxygens (including phenoxy) is 1. The average Bonchev–Trinajstić information content (AvgIpc) is 2.43. The molecule has 16 heavy (non-hydrogen) atoms. The molecule has 0 bridgehead atoms. The van der Waals surface area contributed by atoms with Crippen LogP contribution in [0.2, 0.25) is 0 Å². The van der Waals surface area contributed by atoms with Gasteiger partial charge in [-0.05, 0) is 52.0 Å². The number of nitrogens with zero attached hydrogens (tertiary/aromatic N) is 1. The van der Waals surface area contributed by atoms with Gasteiger partial charge < -0.3 is 4.74 Å². The van der Waals surface area contributed by atoms with Crippen LogP contribution in [0.5, 0.6) is 0 Å². The van der Waals surface area contributed by atoms with Crippen molar-refractivity contribution in [3.05, 3.63) is 0 Å². The highest BCUT2D eigenvalue weighted by atomic mass is 16.6. The summed E-state index contributed by atoms with van der Waals surface area (Å²) in [6, 6.07) is 0. The first kappa shape index (κ1) is 11.9. The van der Waals surface area contributed by atoms with Gasteiger partial charge in [0.25, 0.3) is 0 Å². The predicted molar refractivity (Wildman–Crippen MR) is 63.2 cm³/mol. The van der Waals surface area contributed by atoms with Crippen molar-refractivity contribution in [2.75, 3.05) is 19.6 Å². The first-order chi connectivity index (χ1) is 7.39. The molecule has 1 aliphatic carbocycles. The normalized spacial score (nSPS) is 24.4. The van der Waals surface area contributed by atoms with E-state index >= 15 is 0 Å². The first-order valence-electron chi connectivity index (χ1n) is 6.33. The molecule has 0 N–H and O–H groups in total. The molecule has 3 nitrogen and oxygen atoms in total. The van der Waals surface area contributed by atoms with Crippen LogP contribution in [-0.2, 0) is 9.53 Å². The van der Waals surface area contributed by atoms with Crippen molar-refractivity contribution in [1.29, 1.82) is 0 Å². The molecule has 0 unspecified atom stereocenters. The largest absolute Gasteiger partial charge is 0.459 e. The lowest BCUT2D eigenvalue weighted by molar-refractivity contribution is -0.156. The van der Waals surface area contributed by atoms with Crippen LogP contribution in [0.4, 0.5) is 0 Å². The van der Waals surface area contributed by atoms with Gasteiger partial charge in [0, 0.05) is 6.54 Å². The summed E-state index contributed by atoms with van der Waals surface area (Å²) in [5.74, 6) is -0.0797. The van der Waals surface area contributed by atoms with Crippen molar-refractivity contribution in [1.82, 2.24) is 4.90 Å². The molecule has 0 radical (unpaired) electrons. The van der Waals surface area contributed by atoms with E-state index in [2.05, 4.69) is 4.90 Å². The Labute approximate surface area is 98.1 Å². The Kier molecular flexibility index (Phi) is 2.99. The maximum Gasteiger partial charge on any atom is 0.320 e. The van der Waals surface area contributed by atoms with E-state index in [1.807, 2.05) is 20.8 Å². The minimum absolute atomic E-state index is 0.0797. The maximum atomic E-state index is 11.7. The minimum atomic E-state index is -0.356. The second-order valence-electron chi connectivity index (χ2n) is 6.40. The van der Waals surface area contributed by atoms with E-state index < -0.39 is 0 Å². The van der Waals surface area contributed by atoms with Gasteiger partial charge in [0.15, 0.2) is 0 Å². The zero-order chi connectivity index (χ0) is 11.8. The van der Waals surface area contributed by atoms with Gasteiger partial charge in [0.2, 0.25) is 0 Å². The SMILES string of the molecule is CC(C)(C)OC(=O)CN1CCC2(CCC2)C1. The van der Waals surface area contributed by atoms with Crippen molar-refractivity contribution in [2.24, 2.45) is 5.41 Å². The van der Waals surface area contributed by atoms with Gasteiger partial charge in [-0.15, -0.1) is 0 Å². The first-order valence-corrected chi connectivity index (χ1v) is 6.33. The fraction of sp³-hybridized carbons (Fsp3) is 0.923. The van der Waals surface area contributed by atoms with Crippen molar-refractivity contribution in [3.8, 4) is 0 Å². The Morgan fingerprint density at radius 2 is 2.00 bits per heavy atom. The molecule has 2 aliphatic rings. The molecule has 92 valence electrons. The van der Waals surface area contributed by atoms with Gasteiger partial charge >= 0.3 is 5.97 Å². The summed E-state index contributed by atoms with van der Waals surface area (Å²) >= 11 is 0. The zero-order valence-electron chi connectivity index (χ0n) is 10.7. The van der Waals surface area contributed by atoms with Crippen molar-refractivity contribution < 1.29 is 9.53 Å². The summed E-state index contributed by atoms with van der Waals surface area (Å²) in [5.41, 5.74) is 0.215. The molecular weight excluding hydrogens is 202 g/mol. The third kappa shape index (κ3) is 2.76. The highest BCUT2D eigenvalue weighted by Crippen LogP contribution is 2.47. The monoisotopic (exact) mass is 225 g/mol. The van der Waals surface area contributed by atoms with Gasteiger partial charge in [0.1, 0.15) is 5.60 Å². The molecule has 0 aromatic carbocycles. The molecule has 1 aliphatic heterocycles. The predicted octanol–water partition coefficient (Wildman–Crippen LogP) is 2.20. The van der Waals surface area contributed by atoms with Crippen LogP contribution in [0.3, 0.4) is 0 Å². The summed E-state index contributed by atoms with van der Waals surface area (Å²) in [4.78, 5) is 13.9. The Bertz CT molecular complexity index is 276.